The van der Waals surface area contributed by atoms with Gasteiger partial charge in [-0.1, -0.05) is 182 Å². The monoisotopic (exact) mass is 812 g/mol. The predicted octanol–water partition coefficient (Wildman–Crippen LogP) is 17.9. The van der Waals surface area contributed by atoms with Gasteiger partial charge in [-0.15, -0.1) is 0 Å². The molecule has 0 bridgehead atoms. The van der Waals surface area contributed by atoms with Crippen LogP contribution in [0.25, 0.3) is 142 Å². The van der Waals surface area contributed by atoms with Gasteiger partial charge in [0.2, 0.25) is 0 Å². The molecule has 2 aromatic heterocycles. The lowest BCUT2D eigenvalue weighted by atomic mass is 9.84. The van der Waals surface area contributed by atoms with Gasteiger partial charge in [-0.05, 0) is 129 Å². The maximum absolute atomic E-state index is 6.90. The minimum absolute atomic E-state index is 0.872. The van der Waals surface area contributed by atoms with Gasteiger partial charge in [0.1, 0.15) is 22.3 Å². The second-order valence-electron chi connectivity index (χ2n) is 17.0. The van der Waals surface area contributed by atoms with Crippen LogP contribution in [-0.4, -0.2) is 0 Å². The van der Waals surface area contributed by atoms with Crippen LogP contribution >= 0.6 is 0 Å². The van der Waals surface area contributed by atoms with Crippen molar-refractivity contribution in [2.75, 3.05) is 0 Å². The van der Waals surface area contributed by atoms with E-state index in [1.165, 1.54) is 87.4 Å². The van der Waals surface area contributed by atoms with E-state index in [0.29, 0.717) is 0 Å². The van der Waals surface area contributed by atoms with Crippen molar-refractivity contribution in [1.82, 2.24) is 0 Å². The average molecular weight is 813 g/mol. The van der Waals surface area contributed by atoms with Crippen LogP contribution in [0, 0.1) is 0 Å². The standard InChI is InChI=1S/C62H36O2/c1-2-16-38(17-3-1)57-46-23-10-12-25-48(46)60(49-26-13-11-24-47(49)57)52-27-14-28-55-61(52)51-33-30-40(36-56(51)63-55)59-44-21-8-6-19-42(44)58(43-20-7-9-22-45(43)59)39-31-34-54-53(35-39)50-32-29-37-15-4-5-18-41(37)62(50)64-54/h1-36H. The quantitative estimate of drug-likeness (QED) is 0.166. The highest BCUT2D eigenvalue weighted by Gasteiger charge is 2.22. The van der Waals surface area contributed by atoms with Crippen LogP contribution in [-0.2, 0) is 0 Å². The lowest BCUT2D eigenvalue weighted by Gasteiger charge is -2.18. The van der Waals surface area contributed by atoms with Crippen LogP contribution in [0.3, 0.4) is 0 Å². The lowest BCUT2D eigenvalue weighted by molar-refractivity contribution is 0.669. The zero-order valence-electron chi connectivity index (χ0n) is 34.6. The molecule has 0 radical (unpaired) electrons. The topological polar surface area (TPSA) is 26.3 Å². The minimum Gasteiger partial charge on any atom is -0.456 e. The average Bonchev–Trinajstić information content (AvgIpc) is 3.93. The van der Waals surface area contributed by atoms with Crippen LogP contribution in [0.5, 0.6) is 0 Å². The third-order valence-corrected chi connectivity index (χ3v) is 13.6. The molecule has 14 rings (SSSR count). The Kier molecular flexibility index (Phi) is 7.43. The summed E-state index contributed by atoms with van der Waals surface area (Å²) >= 11 is 0. The third-order valence-electron chi connectivity index (χ3n) is 13.6. The molecule has 0 saturated heterocycles. The molecule has 0 N–H and O–H groups in total. The predicted molar refractivity (Wildman–Crippen MR) is 270 cm³/mol. The Morgan fingerprint density at radius 2 is 0.734 bits per heavy atom. The van der Waals surface area contributed by atoms with Crippen molar-refractivity contribution >= 4 is 97.7 Å². The van der Waals surface area contributed by atoms with Gasteiger partial charge in [0, 0.05) is 26.9 Å². The van der Waals surface area contributed by atoms with Crippen molar-refractivity contribution in [1.29, 1.82) is 0 Å². The number of hydrogen-bond acceptors (Lipinski definition) is 2. The summed E-state index contributed by atoms with van der Waals surface area (Å²) in [6.07, 6.45) is 0. The molecule has 0 atom stereocenters. The Morgan fingerprint density at radius 1 is 0.234 bits per heavy atom. The maximum atomic E-state index is 6.90. The second kappa shape index (κ2) is 13.5. The van der Waals surface area contributed by atoms with Crippen LogP contribution in [0.4, 0.5) is 0 Å². The lowest BCUT2D eigenvalue weighted by Crippen LogP contribution is -1.91. The van der Waals surface area contributed by atoms with E-state index in [1.807, 2.05) is 0 Å². The largest absolute Gasteiger partial charge is 0.456 e. The zero-order valence-corrected chi connectivity index (χ0v) is 34.6. The van der Waals surface area contributed by atoms with E-state index in [-0.39, 0.29) is 0 Å². The molecule has 2 heteroatoms. The Bertz CT molecular complexity index is 4130. The summed E-state index contributed by atoms with van der Waals surface area (Å²) in [6, 6.07) is 79.2. The van der Waals surface area contributed by atoms with Crippen molar-refractivity contribution in [2.45, 2.75) is 0 Å². The van der Waals surface area contributed by atoms with Crippen LogP contribution < -0.4 is 0 Å². The van der Waals surface area contributed by atoms with Gasteiger partial charge >= 0.3 is 0 Å². The molecule has 0 unspecified atom stereocenters. The van der Waals surface area contributed by atoms with Gasteiger partial charge < -0.3 is 8.83 Å². The van der Waals surface area contributed by atoms with Crippen molar-refractivity contribution in [3.05, 3.63) is 218 Å². The van der Waals surface area contributed by atoms with Crippen molar-refractivity contribution < 1.29 is 8.83 Å². The van der Waals surface area contributed by atoms with Gasteiger partial charge in [-0.3, -0.25) is 0 Å². The molecule has 0 aliphatic heterocycles. The Labute approximate surface area is 367 Å². The highest BCUT2D eigenvalue weighted by atomic mass is 16.3. The molecule has 296 valence electrons. The normalized spacial score (nSPS) is 12.1. The number of benzene rings is 12. The fourth-order valence-corrected chi connectivity index (χ4v) is 10.9. The van der Waals surface area contributed by atoms with Crippen LogP contribution in [0.15, 0.2) is 227 Å². The van der Waals surface area contributed by atoms with E-state index < -0.39 is 0 Å². The van der Waals surface area contributed by atoms with E-state index in [1.54, 1.807) is 0 Å². The van der Waals surface area contributed by atoms with Gasteiger partial charge in [-0.2, -0.15) is 0 Å². The first kappa shape index (κ1) is 35.2. The molecule has 0 aliphatic carbocycles. The first-order valence-electron chi connectivity index (χ1n) is 22.0. The number of furan rings is 2. The molecular formula is C62H36O2. The van der Waals surface area contributed by atoms with Crippen molar-refractivity contribution in [2.24, 2.45) is 0 Å². The summed E-state index contributed by atoms with van der Waals surface area (Å²) < 4.78 is 13.4. The highest BCUT2D eigenvalue weighted by molar-refractivity contribution is 6.27. The Balaban J connectivity index is 0.980. The van der Waals surface area contributed by atoms with Gasteiger partial charge in [-0.25, -0.2) is 0 Å². The fraction of sp³-hybridized carbons (Fsp3) is 0. The first-order chi connectivity index (χ1) is 31.8. The summed E-state index contributed by atoms with van der Waals surface area (Å²) in [6.45, 7) is 0. The third kappa shape index (κ3) is 5.02. The SMILES string of the molecule is c1ccc(-c2c3ccccc3c(-c3cccc4oc5cc(-c6c7ccccc7c(-c7ccc8oc9c%10ccccc%10ccc9c8c7)c7ccccc67)ccc5c34)c3ccccc23)cc1. The van der Waals surface area contributed by atoms with Gasteiger partial charge in [0.15, 0.2) is 0 Å². The Hall–Kier alpha value is -8.46. The molecule has 14 aromatic rings. The summed E-state index contributed by atoms with van der Waals surface area (Å²) in [5, 5.41) is 16.6. The van der Waals surface area contributed by atoms with Gasteiger partial charge in [0.25, 0.3) is 0 Å². The summed E-state index contributed by atoms with van der Waals surface area (Å²) in [4.78, 5) is 0. The second-order valence-corrected chi connectivity index (χ2v) is 17.0. The molecule has 0 aliphatic rings. The molecule has 2 heterocycles. The van der Waals surface area contributed by atoms with E-state index >= 15 is 0 Å². The molecule has 64 heavy (non-hydrogen) atoms. The van der Waals surface area contributed by atoms with Crippen LogP contribution in [0.2, 0.25) is 0 Å². The van der Waals surface area contributed by atoms with Crippen LogP contribution in [0.1, 0.15) is 0 Å². The summed E-state index contributed by atoms with van der Waals surface area (Å²) in [7, 11) is 0. The molecule has 0 spiro atoms. The number of fused-ring (bicyclic) bond motifs is 12. The Morgan fingerprint density at radius 3 is 1.36 bits per heavy atom. The first-order valence-corrected chi connectivity index (χ1v) is 22.0. The molecule has 0 fully saturated rings. The molecule has 2 nitrogen and oxygen atoms in total. The summed E-state index contributed by atoms with van der Waals surface area (Å²) in [5.74, 6) is 0. The minimum atomic E-state index is 0.872. The van der Waals surface area contributed by atoms with Gasteiger partial charge in [0.05, 0.1) is 0 Å². The fourth-order valence-electron chi connectivity index (χ4n) is 10.9. The van der Waals surface area contributed by atoms with Crippen molar-refractivity contribution in [3.8, 4) is 44.5 Å². The molecule has 12 aromatic carbocycles. The summed E-state index contributed by atoms with van der Waals surface area (Å²) in [5.41, 5.74) is 13.2. The molecule has 0 amide bonds. The zero-order chi connectivity index (χ0) is 41.9. The molecular weight excluding hydrogens is 777 g/mol. The maximum Gasteiger partial charge on any atom is 0.143 e. The molecule has 0 saturated carbocycles. The van der Waals surface area contributed by atoms with E-state index in [0.717, 1.165) is 54.8 Å². The number of hydrogen-bond donors (Lipinski definition) is 0. The van der Waals surface area contributed by atoms with E-state index in [2.05, 4.69) is 218 Å². The smallest absolute Gasteiger partial charge is 0.143 e. The number of rotatable bonds is 4. The highest BCUT2D eigenvalue weighted by Crippen LogP contribution is 2.49. The van der Waals surface area contributed by atoms with E-state index in [4.69, 9.17) is 8.83 Å². The van der Waals surface area contributed by atoms with E-state index in [9.17, 15) is 0 Å². The van der Waals surface area contributed by atoms with Crippen molar-refractivity contribution in [3.63, 3.8) is 0 Å².